The van der Waals surface area contributed by atoms with Crippen LogP contribution in [0.2, 0.25) is 0 Å². The molecule has 1 atom stereocenters. The van der Waals surface area contributed by atoms with Crippen LogP contribution in [-0.4, -0.2) is 39.7 Å². The molecule has 0 bridgehead atoms. The molecule has 0 aliphatic carbocycles. The van der Waals surface area contributed by atoms with Crippen molar-refractivity contribution in [3.8, 4) is 12.1 Å². The number of rotatable bonds is 3. The van der Waals surface area contributed by atoms with Crippen molar-refractivity contribution in [3.05, 3.63) is 28.6 Å². The number of likely N-dealkylation sites (tertiary alicyclic amines) is 1. The molecule has 1 unspecified atom stereocenters. The van der Waals surface area contributed by atoms with E-state index in [2.05, 4.69) is 6.07 Å². The van der Waals surface area contributed by atoms with E-state index >= 15 is 0 Å². The van der Waals surface area contributed by atoms with E-state index in [0.29, 0.717) is 24.3 Å². The van der Waals surface area contributed by atoms with Crippen LogP contribution in [0, 0.1) is 35.5 Å². The minimum atomic E-state index is -0.371. The highest BCUT2D eigenvalue weighted by Gasteiger charge is 2.27. The van der Waals surface area contributed by atoms with Crippen LogP contribution in [0.5, 0.6) is 0 Å². The molecule has 126 valence electrons. The highest BCUT2D eigenvalue weighted by Crippen LogP contribution is 2.23. The first-order chi connectivity index (χ1) is 11.4. The van der Waals surface area contributed by atoms with Gasteiger partial charge in [-0.1, -0.05) is 0 Å². The number of aliphatic hydroxyl groups is 1. The Morgan fingerprint density at radius 2 is 2.04 bits per heavy atom. The van der Waals surface area contributed by atoms with E-state index in [4.69, 9.17) is 5.26 Å². The SMILES string of the molecule is Cc1c(C=C(C#N)C(=O)N2CCC(C(C)O)CC2)cc(C#N)n1C. The van der Waals surface area contributed by atoms with Crippen LogP contribution in [0.1, 0.15) is 36.7 Å². The lowest BCUT2D eigenvalue weighted by atomic mass is 9.92. The number of carbonyl (C=O) groups excluding carboxylic acids is 1. The third-order valence-electron chi connectivity index (χ3n) is 4.85. The molecule has 0 aromatic carbocycles. The van der Waals surface area contributed by atoms with Gasteiger partial charge >= 0.3 is 0 Å². The van der Waals surface area contributed by atoms with E-state index in [-0.39, 0.29) is 23.5 Å². The summed E-state index contributed by atoms with van der Waals surface area (Å²) in [5.74, 6) is -0.0820. The fraction of sp³-hybridized carbons (Fsp3) is 0.500. The van der Waals surface area contributed by atoms with Crippen LogP contribution in [0.15, 0.2) is 11.6 Å². The second-order valence-electron chi connectivity index (χ2n) is 6.28. The van der Waals surface area contributed by atoms with Crippen molar-refractivity contribution < 1.29 is 9.90 Å². The molecule has 6 nitrogen and oxygen atoms in total. The van der Waals surface area contributed by atoms with Gasteiger partial charge in [-0.15, -0.1) is 0 Å². The number of aliphatic hydroxyl groups excluding tert-OH is 1. The largest absolute Gasteiger partial charge is 0.393 e. The molecule has 1 aromatic rings. The first kappa shape index (κ1) is 17.8. The Kier molecular flexibility index (Phi) is 5.43. The summed E-state index contributed by atoms with van der Waals surface area (Å²) in [7, 11) is 1.78. The van der Waals surface area contributed by atoms with E-state index in [0.717, 1.165) is 18.5 Å². The molecule has 24 heavy (non-hydrogen) atoms. The molecular weight excluding hydrogens is 304 g/mol. The van der Waals surface area contributed by atoms with Gasteiger partial charge in [0.05, 0.1) is 6.10 Å². The van der Waals surface area contributed by atoms with Crippen molar-refractivity contribution in [1.82, 2.24) is 9.47 Å². The number of amides is 1. The van der Waals surface area contributed by atoms with E-state index in [1.54, 1.807) is 35.6 Å². The lowest BCUT2D eigenvalue weighted by Gasteiger charge is -2.33. The van der Waals surface area contributed by atoms with Crippen molar-refractivity contribution in [1.29, 1.82) is 10.5 Å². The fourth-order valence-corrected chi connectivity index (χ4v) is 3.03. The minimum Gasteiger partial charge on any atom is -0.393 e. The Labute approximate surface area is 142 Å². The van der Waals surface area contributed by atoms with Crippen molar-refractivity contribution in [2.24, 2.45) is 13.0 Å². The van der Waals surface area contributed by atoms with Gasteiger partial charge in [-0.3, -0.25) is 4.79 Å². The molecule has 2 heterocycles. The number of hydrogen-bond acceptors (Lipinski definition) is 4. The summed E-state index contributed by atoms with van der Waals surface area (Å²) in [6.45, 7) is 4.71. The zero-order valence-electron chi connectivity index (χ0n) is 14.3. The molecule has 1 saturated heterocycles. The van der Waals surface area contributed by atoms with E-state index in [9.17, 15) is 15.2 Å². The number of hydrogen-bond donors (Lipinski definition) is 1. The molecule has 0 spiro atoms. The first-order valence-electron chi connectivity index (χ1n) is 8.04. The quantitative estimate of drug-likeness (QED) is 0.676. The third kappa shape index (κ3) is 3.50. The maximum absolute atomic E-state index is 12.6. The molecule has 1 amide bonds. The molecule has 2 rings (SSSR count). The highest BCUT2D eigenvalue weighted by molar-refractivity contribution is 6.01. The molecule has 1 aliphatic heterocycles. The average molecular weight is 326 g/mol. The van der Waals surface area contributed by atoms with Crippen LogP contribution in [0.3, 0.4) is 0 Å². The summed E-state index contributed by atoms with van der Waals surface area (Å²) >= 11 is 0. The van der Waals surface area contributed by atoms with Crippen molar-refractivity contribution >= 4 is 12.0 Å². The van der Waals surface area contributed by atoms with Crippen molar-refractivity contribution in [2.75, 3.05) is 13.1 Å². The predicted octanol–water partition coefficient (Wildman–Crippen LogP) is 1.73. The summed E-state index contributed by atoms with van der Waals surface area (Å²) in [5.41, 5.74) is 2.10. The van der Waals surface area contributed by atoms with Gasteiger partial charge in [-0.05, 0) is 50.3 Å². The van der Waals surface area contributed by atoms with Gasteiger partial charge in [0.25, 0.3) is 5.91 Å². The Morgan fingerprint density at radius 1 is 1.42 bits per heavy atom. The van der Waals surface area contributed by atoms with E-state index < -0.39 is 0 Å². The molecular formula is C18H22N4O2. The highest BCUT2D eigenvalue weighted by atomic mass is 16.3. The van der Waals surface area contributed by atoms with Gasteiger partial charge in [-0.2, -0.15) is 10.5 Å². The Balaban J connectivity index is 2.19. The zero-order valence-corrected chi connectivity index (χ0v) is 14.3. The summed E-state index contributed by atoms with van der Waals surface area (Å²) in [5, 5.41) is 28.1. The van der Waals surface area contributed by atoms with Gasteiger partial charge in [0.1, 0.15) is 23.4 Å². The van der Waals surface area contributed by atoms with Crippen LogP contribution in [0.25, 0.3) is 6.08 Å². The maximum Gasteiger partial charge on any atom is 0.264 e. The Bertz CT molecular complexity index is 738. The smallest absolute Gasteiger partial charge is 0.264 e. The van der Waals surface area contributed by atoms with Gasteiger partial charge in [0, 0.05) is 25.8 Å². The van der Waals surface area contributed by atoms with E-state index in [1.165, 1.54) is 0 Å². The molecule has 1 aliphatic rings. The number of nitrogens with zero attached hydrogens (tertiary/aromatic N) is 4. The molecule has 0 radical (unpaired) electrons. The zero-order chi connectivity index (χ0) is 17.9. The van der Waals surface area contributed by atoms with Gasteiger partial charge in [0.15, 0.2) is 0 Å². The maximum atomic E-state index is 12.6. The van der Waals surface area contributed by atoms with Gasteiger partial charge in [-0.25, -0.2) is 0 Å². The summed E-state index contributed by atoms with van der Waals surface area (Å²) in [6.07, 6.45) is 2.67. The van der Waals surface area contributed by atoms with Crippen LogP contribution < -0.4 is 0 Å². The fourth-order valence-electron chi connectivity index (χ4n) is 3.03. The first-order valence-corrected chi connectivity index (χ1v) is 8.04. The van der Waals surface area contributed by atoms with Crippen LogP contribution in [0.4, 0.5) is 0 Å². The summed E-state index contributed by atoms with van der Waals surface area (Å²) in [4.78, 5) is 14.2. The third-order valence-corrected chi connectivity index (χ3v) is 4.85. The summed E-state index contributed by atoms with van der Waals surface area (Å²) < 4.78 is 1.74. The molecule has 1 fully saturated rings. The molecule has 1 aromatic heterocycles. The second kappa shape index (κ2) is 7.33. The Morgan fingerprint density at radius 3 is 2.50 bits per heavy atom. The lowest BCUT2D eigenvalue weighted by Crippen LogP contribution is -2.41. The number of nitriles is 2. The molecule has 6 heteroatoms. The standard InChI is InChI=1S/C18H22N4O2/c1-12-15(9-17(11-20)21(12)3)8-16(10-19)18(24)22-6-4-14(5-7-22)13(2)23/h8-9,13-14,23H,4-7H2,1-3H3. The van der Waals surface area contributed by atoms with Gasteiger partial charge in [0.2, 0.25) is 0 Å². The lowest BCUT2D eigenvalue weighted by molar-refractivity contribution is -0.128. The second-order valence-corrected chi connectivity index (χ2v) is 6.28. The van der Waals surface area contributed by atoms with Crippen molar-refractivity contribution in [2.45, 2.75) is 32.8 Å². The number of carbonyl (C=O) groups is 1. The Hall–Kier alpha value is -2.57. The van der Waals surface area contributed by atoms with E-state index in [1.807, 2.05) is 13.0 Å². The summed E-state index contributed by atoms with van der Waals surface area (Å²) in [6, 6.07) is 5.75. The number of aromatic nitrogens is 1. The average Bonchev–Trinajstić information content (AvgIpc) is 2.86. The van der Waals surface area contributed by atoms with Crippen molar-refractivity contribution in [3.63, 3.8) is 0 Å². The van der Waals surface area contributed by atoms with Crippen LogP contribution >= 0.6 is 0 Å². The molecule has 0 saturated carbocycles. The number of piperidine rings is 1. The minimum absolute atomic E-state index is 0.0729. The topological polar surface area (TPSA) is 93.1 Å². The molecule has 1 N–H and O–H groups in total. The van der Waals surface area contributed by atoms with Crippen LogP contribution in [-0.2, 0) is 11.8 Å². The normalized spacial score (nSPS) is 17.2. The predicted molar refractivity (Wildman–Crippen MR) is 89.4 cm³/mol. The monoisotopic (exact) mass is 326 g/mol. The van der Waals surface area contributed by atoms with Gasteiger partial charge < -0.3 is 14.6 Å².